The predicted octanol–water partition coefficient (Wildman–Crippen LogP) is 2.40. The molecule has 3 heteroatoms. The monoisotopic (exact) mass is 240 g/mol. The van der Waals surface area contributed by atoms with Crippen LogP contribution in [0.2, 0.25) is 0 Å². The summed E-state index contributed by atoms with van der Waals surface area (Å²) < 4.78 is 0. The van der Waals surface area contributed by atoms with E-state index in [2.05, 4.69) is 27.7 Å². The molecular formula is C14H28N2O. The lowest BCUT2D eigenvalue weighted by molar-refractivity contribution is -0.133. The van der Waals surface area contributed by atoms with Gasteiger partial charge in [0.2, 0.25) is 5.91 Å². The van der Waals surface area contributed by atoms with Gasteiger partial charge in [0.05, 0.1) is 0 Å². The van der Waals surface area contributed by atoms with Crippen molar-refractivity contribution < 1.29 is 4.79 Å². The maximum absolute atomic E-state index is 12.1. The van der Waals surface area contributed by atoms with Gasteiger partial charge in [-0.15, -0.1) is 0 Å². The average molecular weight is 240 g/mol. The lowest BCUT2D eigenvalue weighted by Gasteiger charge is -2.37. The van der Waals surface area contributed by atoms with E-state index in [1.165, 1.54) is 0 Å². The molecule has 100 valence electrons. The second-order valence-electron chi connectivity index (χ2n) is 6.52. The highest BCUT2D eigenvalue weighted by atomic mass is 16.2. The Balaban J connectivity index is 2.42. The van der Waals surface area contributed by atoms with Gasteiger partial charge < -0.3 is 10.6 Å². The molecule has 0 aromatic heterocycles. The van der Waals surface area contributed by atoms with E-state index >= 15 is 0 Å². The topological polar surface area (TPSA) is 46.3 Å². The number of hydrogen-bond acceptors (Lipinski definition) is 2. The van der Waals surface area contributed by atoms with Gasteiger partial charge in [-0.2, -0.15) is 0 Å². The first kappa shape index (κ1) is 14.5. The summed E-state index contributed by atoms with van der Waals surface area (Å²) in [4.78, 5) is 14.1. The molecular weight excluding hydrogens is 212 g/mol. The van der Waals surface area contributed by atoms with Crippen molar-refractivity contribution >= 4 is 5.91 Å². The number of amides is 1. The summed E-state index contributed by atoms with van der Waals surface area (Å²) in [6.45, 7) is 10.4. The Kier molecular flexibility index (Phi) is 4.99. The Morgan fingerprint density at radius 3 is 2.59 bits per heavy atom. The van der Waals surface area contributed by atoms with E-state index in [0.717, 1.165) is 32.4 Å². The van der Waals surface area contributed by atoms with E-state index in [0.29, 0.717) is 18.2 Å². The highest BCUT2D eigenvalue weighted by Gasteiger charge is 2.28. The fourth-order valence-electron chi connectivity index (χ4n) is 2.35. The maximum Gasteiger partial charge on any atom is 0.222 e. The molecule has 1 heterocycles. The quantitative estimate of drug-likeness (QED) is 0.823. The van der Waals surface area contributed by atoms with Crippen LogP contribution >= 0.6 is 0 Å². The van der Waals surface area contributed by atoms with Crippen molar-refractivity contribution in [3.8, 4) is 0 Å². The number of carbonyl (C=O) groups excluding carboxylic acids is 1. The summed E-state index contributed by atoms with van der Waals surface area (Å²) >= 11 is 0. The van der Waals surface area contributed by atoms with Crippen molar-refractivity contribution in [2.45, 2.75) is 59.4 Å². The van der Waals surface area contributed by atoms with E-state index in [9.17, 15) is 4.79 Å². The van der Waals surface area contributed by atoms with Crippen molar-refractivity contribution in [3.05, 3.63) is 0 Å². The average Bonchev–Trinajstić information content (AvgIpc) is 2.25. The van der Waals surface area contributed by atoms with Crippen molar-refractivity contribution in [1.29, 1.82) is 0 Å². The zero-order valence-corrected chi connectivity index (χ0v) is 11.8. The first-order valence-electron chi connectivity index (χ1n) is 6.87. The van der Waals surface area contributed by atoms with Crippen LogP contribution < -0.4 is 5.73 Å². The van der Waals surface area contributed by atoms with Crippen molar-refractivity contribution in [1.82, 2.24) is 4.90 Å². The highest BCUT2D eigenvalue weighted by Crippen LogP contribution is 2.23. The van der Waals surface area contributed by atoms with E-state index < -0.39 is 0 Å². The summed E-state index contributed by atoms with van der Waals surface area (Å²) in [6, 6.07) is 0.284. The van der Waals surface area contributed by atoms with Crippen LogP contribution in [0.1, 0.15) is 53.4 Å². The summed E-state index contributed by atoms with van der Waals surface area (Å²) in [6.07, 6.45) is 3.67. The molecule has 1 saturated heterocycles. The molecule has 0 bridgehead atoms. The molecule has 2 unspecified atom stereocenters. The Morgan fingerprint density at radius 1 is 1.41 bits per heavy atom. The Bertz CT molecular complexity index is 257. The number of nitrogens with zero attached hydrogens (tertiary/aromatic N) is 1. The third kappa shape index (κ3) is 4.66. The fraction of sp³-hybridized carbons (Fsp3) is 0.929. The summed E-state index contributed by atoms with van der Waals surface area (Å²) in [5.41, 5.74) is 6.30. The Labute approximate surface area is 106 Å². The second kappa shape index (κ2) is 5.85. The lowest BCUT2D eigenvalue weighted by atomic mass is 9.88. The van der Waals surface area contributed by atoms with E-state index in [1.807, 2.05) is 4.90 Å². The van der Waals surface area contributed by atoms with E-state index in [1.54, 1.807) is 0 Å². The molecule has 0 aromatic carbocycles. The number of piperidine rings is 1. The van der Waals surface area contributed by atoms with Crippen LogP contribution in [0.4, 0.5) is 0 Å². The van der Waals surface area contributed by atoms with Gasteiger partial charge in [0.1, 0.15) is 0 Å². The van der Waals surface area contributed by atoms with Crippen LogP contribution in [0.25, 0.3) is 0 Å². The number of carbonyl (C=O) groups is 1. The molecule has 1 aliphatic heterocycles. The summed E-state index contributed by atoms with van der Waals surface area (Å²) in [5.74, 6) is 0.799. The first-order chi connectivity index (χ1) is 7.83. The van der Waals surface area contributed by atoms with Gasteiger partial charge >= 0.3 is 0 Å². The van der Waals surface area contributed by atoms with Gasteiger partial charge in [0, 0.05) is 25.6 Å². The molecule has 2 atom stereocenters. The summed E-state index contributed by atoms with van der Waals surface area (Å²) in [7, 11) is 0. The second-order valence-corrected chi connectivity index (χ2v) is 6.52. The van der Waals surface area contributed by atoms with Crippen LogP contribution in [0.5, 0.6) is 0 Å². The zero-order valence-electron chi connectivity index (χ0n) is 11.8. The fourth-order valence-corrected chi connectivity index (χ4v) is 2.35. The molecule has 1 fully saturated rings. The molecule has 0 radical (unpaired) electrons. The maximum atomic E-state index is 12.1. The van der Waals surface area contributed by atoms with Crippen LogP contribution in [0.15, 0.2) is 0 Å². The Hall–Kier alpha value is -0.570. The van der Waals surface area contributed by atoms with Gasteiger partial charge in [0.15, 0.2) is 0 Å². The standard InChI is InChI=1S/C14H28N2O/c1-5-11-10-16(9-7-12(11)15)13(17)6-8-14(2,3)4/h11-12H,5-10,15H2,1-4H3. The molecule has 0 aromatic rings. The van der Waals surface area contributed by atoms with Gasteiger partial charge in [-0.3, -0.25) is 4.79 Å². The van der Waals surface area contributed by atoms with Crippen molar-refractivity contribution in [2.75, 3.05) is 13.1 Å². The van der Waals surface area contributed by atoms with Gasteiger partial charge in [0.25, 0.3) is 0 Å². The SMILES string of the molecule is CCC1CN(C(=O)CCC(C)(C)C)CCC1N. The number of likely N-dealkylation sites (tertiary alicyclic amines) is 1. The smallest absolute Gasteiger partial charge is 0.222 e. The normalized spacial score (nSPS) is 26.1. The minimum absolute atomic E-state index is 0.242. The zero-order chi connectivity index (χ0) is 13.1. The molecule has 0 saturated carbocycles. The highest BCUT2D eigenvalue weighted by molar-refractivity contribution is 5.76. The molecule has 1 amide bonds. The molecule has 17 heavy (non-hydrogen) atoms. The van der Waals surface area contributed by atoms with Crippen LogP contribution in [-0.2, 0) is 4.79 Å². The van der Waals surface area contributed by atoms with Crippen LogP contribution in [-0.4, -0.2) is 29.9 Å². The molecule has 2 N–H and O–H groups in total. The minimum atomic E-state index is 0.242. The molecule has 0 spiro atoms. The van der Waals surface area contributed by atoms with Gasteiger partial charge in [-0.1, -0.05) is 34.1 Å². The number of hydrogen-bond donors (Lipinski definition) is 1. The predicted molar refractivity (Wildman–Crippen MR) is 71.6 cm³/mol. The Morgan fingerprint density at radius 2 is 2.06 bits per heavy atom. The lowest BCUT2D eigenvalue weighted by Crippen LogP contribution is -2.49. The van der Waals surface area contributed by atoms with Crippen LogP contribution in [0, 0.1) is 11.3 Å². The first-order valence-corrected chi connectivity index (χ1v) is 6.87. The van der Waals surface area contributed by atoms with Gasteiger partial charge in [-0.25, -0.2) is 0 Å². The minimum Gasteiger partial charge on any atom is -0.342 e. The van der Waals surface area contributed by atoms with Crippen molar-refractivity contribution in [2.24, 2.45) is 17.1 Å². The third-order valence-corrected chi connectivity index (χ3v) is 3.76. The largest absolute Gasteiger partial charge is 0.342 e. The van der Waals surface area contributed by atoms with Gasteiger partial charge in [-0.05, 0) is 24.2 Å². The third-order valence-electron chi connectivity index (χ3n) is 3.76. The van der Waals surface area contributed by atoms with E-state index in [-0.39, 0.29) is 11.5 Å². The van der Waals surface area contributed by atoms with Crippen LogP contribution in [0.3, 0.4) is 0 Å². The number of nitrogens with two attached hydrogens (primary N) is 1. The number of rotatable bonds is 3. The van der Waals surface area contributed by atoms with E-state index in [4.69, 9.17) is 5.73 Å². The van der Waals surface area contributed by atoms with Crippen molar-refractivity contribution in [3.63, 3.8) is 0 Å². The molecule has 0 aliphatic carbocycles. The molecule has 1 aliphatic rings. The summed E-state index contributed by atoms with van der Waals surface area (Å²) in [5, 5.41) is 0. The molecule has 3 nitrogen and oxygen atoms in total. The molecule has 1 rings (SSSR count).